The Kier molecular flexibility index (Phi) is 6.44. The number of nitrogens with two attached hydrogens (primary N) is 1. The molecule has 0 bridgehead atoms. The second kappa shape index (κ2) is 9.53. The van der Waals surface area contributed by atoms with Crippen molar-refractivity contribution in [3.63, 3.8) is 0 Å². The third-order valence-corrected chi connectivity index (χ3v) is 8.40. The van der Waals surface area contributed by atoms with Gasteiger partial charge in [-0.3, -0.25) is 9.69 Å². The minimum absolute atomic E-state index is 0.146. The van der Waals surface area contributed by atoms with Crippen LogP contribution in [0.5, 0.6) is 11.5 Å². The van der Waals surface area contributed by atoms with Gasteiger partial charge in [-0.05, 0) is 80.6 Å². The SMILES string of the molecule is COc1ccc2cc([C@@]3(C)CCCCN3C[C@H](O)COc3cccc4[nH]c(C(N)=O)cc34)sc2c1. The highest BCUT2D eigenvalue weighted by molar-refractivity contribution is 7.19. The molecule has 0 unspecified atom stereocenters. The number of ether oxygens (including phenoxy) is 2. The molecule has 3 heterocycles. The van der Waals surface area contributed by atoms with Crippen molar-refractivity contribution in [3.8, 4) is 11.5 Å². The lowest BCUT2D eigenvalue weighted by atomic mass is 9.86. The van der Waals surface area contributed by atoms with E-state index in [1.54, 1.807) is 24.5 Å². The average Bonchev–Trinajstić information content (AvgIpc) is 3.49. The van der Waals surface area contributed by atoms with Crippen LogP contribution in [0.2, 0.25) is 0 Å². The normalized spacial score (nSPS) is 19.7. The van der Waals surface area contributed by atoms with Crippen molar-refractivity contribution >= 4 is 38.2 Å². The fourth-order valence-electron chi connectivity index (χ4n) is 5.03. The van der Waals surface area contributed by atoms with Crippen molar-refractivity contribution in [2.45, 2.75) is 37.8 Å². The number of fused-ring (bicyclic) bond motifs is 2. The Morgan fingerprint density at radius 3 is 2.91 bits per heavy atom. The minimum Gasteiger partial charge on any atom is -0.497 e. The molecule has 5 rings (SSSR count). The van der Waals surface area contributed by atoms with Gasteiger partial charge in [0.15, 0.2) is 0 Å². The molecule has 0 saturated carbocycles. The lowest BCUT2D eigenvalue weighted by molar-refractivity contribution is 0.000233. The molecule has 0 radical (unpaired) electrons. The number of nitrogens with one attached hydrogen (secondary N) is 1. The fourth-order valence-corrected chi connectivity index (χ4v) is 6.33. The highest BCUT2D eigenvalue weighted by Crippen LogP contribution is 2.43. The molecule has 4 N–H and O–H groups in total. The van der Waals surface area contributed by atoms with Crippen molar-refractivity contribution in [2.75, 3.05) is 26.8 Å². The molecular weight excluding hydrogens is 462 g/mol. The van der Waals surface area contributed by atoms with Gasteiger partial charge in [0.25, 0.3) is 5.91 Å². The first-order chi connectivity index (χ1) is 16.9. The Bertz CT molecular complexity index is 1360. The smallest absolute Gasteiger partial charge is 0.265 e. The number of thiophene rings is 1. The van der Waals surface area contributed by atoms with Crippen LogP contribution < -0.4 is 15.2 Å². The van der Waals surface area contributed by atoms with Crippen LogP contribution in [0.4, 0.5) is 0 Å². The third-order valence-electron chi connectivity index (χ3n) is 7.05. The Labute approximate surface area is 208 Å². The number of carbonyl (C=O) groups excluding carboxylic acids is 1. The largest absolute Gasteiger partial charge is 0.497 e. The zero-order valence-electron chi connectivity index (χ0n) is 20.0. The molecule has 2 aromatic heterocycles. The highest BCUT2D eigenvalue weighted by Gasteiger charge is 2.38. The predicted molar refractivity (Wildman–Crippen MR) is 139 cm³/mol. The summed E-state index contributed by atoms with van der Waals surface area (Å²) in [5, 5.41) is 12.9. The van der Waals surface area contributed by atoms with E-state index in [1.807, 2.05) is 24.3 Å². The molecule has 0 spiro atoms. The van der Waals surface area contributed by atoms with Gasteiger partial charge in [-0.15, -0.1) is 11.3 Å². The summed E-state index contributed by atoms with van der Waals surface area (Å²) in [6.45, 7) is 3.89. The summed E-state index contributed by atoms with van der Waals surface area (Å²) < 4.78 is 12.6. The average molecular weight is 494 g/mol. The molecule has 4 aromatic rings. The van der Waals surface area contributed by atoms with Gasteiger partial charge in [0, 0.05) is 27.0 Å². The topological polar surface area (TPSA) is 101 Å². The Hall–Kier alpha value is -3.07. The summed E-state index contributed by atoms with van der Waals surface area (Å²) in [6.07, 6.45) is 2.66. The number of methoxy groups -OCH3 is 1. The molecular formula is C27H31N3O4S. The first kappa shape index (κ1) is 23.7. The van der Waals surface area contributed by atoms with E-state index in [0.717, 1.165) is 42.5 Å². The maximum absolute atomic E-state index is 11.5. The molecule has 1 saturated heterocycles. The predicted octanol–water partition coefficient (Wildman–Crippen LogP) is 4.63. The van der Waals surface area contributed by atoms with Crippen LogP contribution in [-0.4, -0.2) is 53.8 Å². The van der Waals surface area contributed by atoms with Crippen LogP contribution in [0, 0.1) is 0 Å². The Morgan fingerprint density at radius 2 is 2.11 bits per heavy atom. The van der Waals surface area contributed by atoms with Gasteiger partial charge < -0.3 is 25.3 Å². The minimum atomic E-state index is -0.660. The van der Waals surface area contributed by atoms with Crippen LogP contribution >= 0.6 is 11.3 Å². The van der Waals surface area contributed by atoms with Crippen molar-refractivity contribution in [1.82, 2.24) is 9.88 Å². The number of nitrogens with zero attached hydrogens (tertiary/aromatic N) is 1. The summed E-state index contributed by atoms with van der Waals surface area (Å²) in [7, 11) is 1.69. The number of β-amino-alcohol motifs (C(OH)–C–C–N with tert-alkyl or cyclic N) is 1. The fraction of sp³-hybridized carbons (Fsp3) is 0.370. The van der Waals surface area contributed by atoms with E-state index < -0.39 is 12.0 Å². The van der Waals surface area contributed by atoms with Crippen LogP contribution in [0.25, 0.3) is 21.0 Å². The van der Waals surface area contributed by atoms with Crippen molar-refractivity contribution in [2.24, 2.45) is 5.73 Å². The number of likely N-dealkylation sites (tertiary alicyclic amines) is 1. The van der Waals surface area contributed by atoms with Crippen LogP contribution in [0.1, 0.15) is 41.6 Å². The number of aliphatic hydroxyl groups excluding tert-OH is 1. The van der Waals surface area contributed by atoms with Gasteiger partial charge in [0.05, 0.1) is 12.6 Å². The first-order valence-corrected chi connectivity index (χ1v) is 12.7. The number of hydrogen-bond donors (Lipinski definition) is 3. The van der Waals surface area contributed by atoms with E-state index in [0.29, 0.717) is 18.0 Å². The number of aliphatic hydroxyl groups is 1. The molecule has 8 heteroatoms. The summed E-state index contributed by atoms with van der Waals surface area (Å²) >= 11 is 1.80. The summed E-state index contributed by atoms with van der Waals surface area (Å²) in [4.78, 5) is 18.2. The first-order valence-electron chi connectivity index (χ1n) is 11.9. The van der Waals surface area contributed by atoms with Crippen molar-refractivity contribution in [3.05, 3.63) is 59.1 Å². The maximum atomic E-state index is 11.5. The number of aromatic nitrogens is 1. The van der Waals surface area contributed by atoms with E-state index in [1.165, 1.54) is 15.0 Å². The molecule has 2 atom stereocenters. The van der Waals surface area contributed by atoms with Crippen molar-refractivity contribution in [1.29, 1.82) is 0 Å². The molecule has 1 aliphatic heterocycles. The Morgan fingerprint density at radius 1 is 1.26 bits per heavy atom. The number of hydrogen-bond acceptors (Lipinski definition) is 6. The summed E-state index contributed by atoms with van der Waals surface area (Å²) in [5.41, 5.74) is 6.37. The second-order valence-corrected chi connectivity index (χ2v) is 10.5. The molecule has 1 aliphatic rings. The zero-order chi connectivity index (χ0) is 24.6. The van der Waals surface area contributed by atoms with E-state index in [-0.39, 0.29) is 12.1 Å². The number of rotatable bonds is 8. The van der Waals surface area contributed by atoms with Gasteiger partial charge in [-0.2, -0.15) is 0 Å². The van der Waals surface area contributed by atoms with Crippen LogP contribution in [-0.2, 0) is 5.54 Å². The molecule has 2 aromatic carbocycles. The molecule has 35 heavy (non-hydrogen) atoms. The molecule has 1 amide bonds. The van der Waals surface area contributed by atoms with Crippen LogP contribution in [0.3, 0.4) is 0 Å². The number of primary amides is 1. The number of piperidine rings is 1. The zero-order valence-corrected chi connectivity index (χ0v) is 20.9. The number of amides is 1. The number of benzene rings is 2. The summed E-state index contributed by atoms with van der Waals surface area (Å²) in [5.74, 6) is 0.964. The van der Waals surface area contributed by atoms with Gasteiger partial charge in [0.1, 0.15) is 29.9 Å². The molecule has 184 valence electrons. The lowest BCUT2D eigenvalue weighted by Gasteiger charge is -2.45. The van der Waals surface area contributed by atoms with Crippen molar-refractivity contribution < 1.29 is 19.4 Å². The lowest BCUT2D eigenvalue weighted by Crippen LogP contribution is -2.50. The standard InChI is InChI=1S/C27H31N3O4S/c1-27(25-12-17-8-9-19(33-2)13-24(17)35-25)10-3-4-11-30(27)15-18(31)16-34-23-7-5-6-21-20(23)14-22(29-21)26(28)32/h5-9,12-14,18,29,31H,3-4,10-11,15-16H2,1-2H3,(H2,28,32)/t18-,27+/m0/s1. The molecule has 0 aliphatic carbocycles. The van der Waals surface area contributed by atoms with Gasteiger partial charge in [0.2, 0.25) is 0 Å². The number of aromatic amines is 1. The van der Waals surface area contributed by atoms with E-state index in [9.17, 15) is 9.90 Å². The maximum Gasteiger partial charge on any atom is 0.265 e. The number of H-pyrrole nitrogens is 1. The highest BCUT2D eigenvalue weighted by atomic mass is 32.1. The summed E-state index contributed by atoms with van der Waals surface area (Å²) in [6, 6.07) is 15.7. The van der Waals surface area contributed by atoms with E-state index in [2.05, 4.69) is 35.0 Å². The quantitative estimate of drug-likeness (QED) is 0.332. The second-order valence-electron chi connectivity index (χ2n) is 9.42. The monoisotopic (exact) mass is 493 g/mol. The molecule has 1 fully saturated rings. The van der Waals surface area contributed by atoms with Crippen LogP contribution in [0.15, 0.2) is 48.5 Å². The van der Waals surface area contributed by atoms with Gasteiger partial charge >= 0.3 is 0 Å². The Balaban J connectivity index is 1.31. The van der Waals surface area contributed by atoms with E-state index >= 15 is 0 Å². The van der Waals surface area contributed by atoms with Gasteiger partial charge in [-0.1, -0.05) is 6.07 Å². The molecule has 7 nitrogen and oxygen atoms in total. The van der Waals surface area contributed by atoms with E-state index in [4.69, 9.17) is 15.2 Å². The number of carbonyl (C=O) groups is 1. The third kappa shape index (κ3) is 4.61. The van der Waals surface area contributed by atoms with Gasteiger partial charge in [-0.25, -0.2) is 0 Å².